The summed E-state index contributed by atoms with van der Waals surface area (Å²) in [6.45, 7) is 0.287. The minimum absolute atomic E-state index is 0.0867. The van der Waals surface area contributed by atoms with Gasteiger partial charge in [0.2, 0.25) is 5.88 Å². The maximum Gasteiger partial charge on any atom is 0.416 e. The van der Waals surface area contributed by atoms with Gasteiger partial charge in [-0.3, -0.25) is 0 Å². The molecule has 14 heteroatoms. The molecule has 3 aromatic carbocycles. The highest BCUT2D eigenvalue weighted by Crippen LogP contribution is 2.32. The minimum atomic E-state index is -4.65. The fourth-order valence-electron chi connectivity index (χ4n) is 4.34. The van der Waals surface area contributed by atoms with Crippen LogP contribution in [0.15, 0.2) is 78.9 Å². The van der Waals surface area contributed by atoms with Crippen molar-refractivity contribution >= 4 is 39.1 Å². The molecule has 0 saturated carbocycles. The zero-order valence-corrected chi connectivity index (χ0v) is 23.2. The average molecular weight is 627 g/mol. The SMILES string of the molecule is O=S1(=O)NC(O)=CN1c1ccc(Cn2cc(-c3ccc(Cl)cc3Cl)nc2CCc2ccc(C(F)(F)F)cc2F)cc1. The van der Waals surface area contributed by atoms with Gasteiger partial charge in [0.25, 0.3) is 0 Å². The highest BCUT2D eigenvalue weighted by molar-refractivity contribution is 7.91. The van der Waals surface area contributed by atoms with Gasteiger partial charge in [-0.05, 0) is 60.0 Å². The van der Waals surface area contributed by atoms with Crippen LogP contribution in [0.4, 0.5) is 23.2 Å². The zero-order chi connectivity index (χ0) is 29.5. The second kappa shape index (κ2) is 10.9. The number of hydrogen-bond acceptors (Lipinski definition) is 4. The number of aryl methyl sites for hydroxylation is 2. The van der Waals surface area contributed by atoms with E-state index in [2.05, 4.69) is 4.98 Å². The van der Waals surface area contributed by atoms with E-state index in [0.717, 1.165) is 28.2 Å². The first-order valence-corrected chi connectivity index (χ1v) is 14.2. The Hall–Kier alpha value is -3.74. The van der Waals surface area contributed by atoms with Crippen LogP contribution in [-0.2, 0) is 35.8 Å². The molecular formula is C27H20Cl2F4N4O3S. The van der Waals surface area contributed by atoms with E-state index >= 15 is 0 Å². The number of aliphatic hydroxyl groups is 1. The van der Waals surface area contributed by atoms with Crippen molar-refractivity contribution in [2.75, 3.05) is 4.31 Å². The number of benzene rings is 3. The Kier molecular flexibility index (Phi) is 7.66. The zero-order valence-electron chi connectivity index (χ0n) is 20.8. The molecule has 4 aromatic rings. The lowest BCUT2D eigenvalue weighted by Gasteiger charge is -2.15. The second-order valence-electron chi connectivity index (χ2n) is 9.18. The average Bonchev–Trinajstić information content (AvgIpc) is 3.41. The Balaban J connectivity index is 1.43. The molecule has 1 aliphatic heterocycles. The summed E-state index contributed by atoms with van der Waals surface area (Å²) in [5, 5.41) is 10.3. The molecule has 2 N–H and O–H groups in total. The number of nitrogens with one attached hydrogen (secondary N) is 1. The molecule has 0 atom stereocenters. The number of rotatable bonds is 7. The third-order valence-corrected chi connectivity index (χ3v) is 8.19. The Labute approximate surface area is 242 Å². The summed E-state index contributed by atoms with van der Waals surface area (Å²) in [7, 11) is -3.94. The summed E-state index contributed by atoms with van der Waals surface area (Å²) in [6, 6.07) is 13.9. The second-order valence-corrected chi connectivity index (χ2v) is 11.6. The monoisotopic (exact) mass is 626 g/mol. The first-order valence-electron chi connectivity index (χ1n) is 12.0. The van der Waals surface area contributed by atoms with E-state index < -0.39 is 33.6 Å². The van der Waals surface area contributed by atoms with E-state index in [9.17, 15) is 31.1 Å². The van der Waals surface area contributed by atoms with Crippen LogP contribution in [0, 0.1) is 5.82 Å². The summed E-state index contributed by atoms with van der Waals surface area (Å²) in [5.74, 6) is -0.940. The van der Waals surface area contributed by atoms with Gasteiger partial charge >= 0.3 is 16.4 Å². The minimum Gasteiger partial charge on any atom is -0.493 e. The number of anilines is 1. The van der Waals surface area contributed by atoms with Crippen molar-refractivity contribution in [2.24, 2.45) is 0 Å². The van der Waals surface area contributed by atoms with Crippen LogP contribution in [0.25, 0.3) is 11.3 Å². The summed E-state index contributed by atoms with van der Waals surface area (Å²) >= 11 is 12.4. The predicted octanol–water partition coefficient (Wildman–Crippen LogP) is 6.86. The van der Waals surface area contributed by atoms with E-state index in [0.29, 0.717) is 38.9 Å². The lowest BCUT2D eigenvalue weighted by atomic mass is 10.1. The predicted molar refractivity (Wildman–Crippen MR) is 147 cm³/mol. The fourth-order valence-corrected chi connectivity index (χ4v) is 5.90. The normalized spacial score (nSPS) is 14.7. The van der Waals surface area contributed by atoms with Gasteiger partial charge in [0.05, 0.1) is 28.2 Å². The van der Waals surface area contributed by atoms with E-state index in [1.165, 1.54) is 0 Å². The van der Waals surface area contributed by atoms with Crippen LogP contribution in [-0.4, -0.2) is 23.1 Å². The molecule has 0 radical (unpaired) electrons. The number of aliphatic hydroxyl groups excluding tert-OH is 1. The third kappa shape index (κ3) is 6.29. The molecule has 41 heavy (non-hydrogen) atoms. The number of halogens is 6. The lowest BCUT2D eigenvalue weighted by Crippen LogP contribution is -2.29. The van der Waals surface area contributed by atoms with Gasteiger partial charge in [-0.2, -0.15) is 21.6 Å². The molecule has 7 nitrogen and oxygen atoms in total. The Morgan fingerprint density at radius 1 is 0.976 bits per heavy atom. The van der Waals surface area contributed by atoms with Crippen molar-refractivity contribution in [3.63, 3.8) is 0 Å². The molecule has 0 fully saturated rings. The van der Waals surface area contributed by atoms with Crippen LogP contribution in [0.5, 0.6) is 0 Å². The summed E-state index contributed by atoms with van der Waals surface area (Å²) in [6.07, 6.45) is -1.57. The largest absolute Gasteiger partial charge is 0.493 e. The summed E-state index contributed by atoms with van der Waals surface area (Å²) < 4.78 is 82.3. The smallest absolute Gasteiger partial charge is 0.416 e. The van der Waals surface area contributed by atoms with Crippen LogP contribution >= 0.6 is 23.2 Å². The Morgan fingerprint density at radius 2 is 1.71 bits per heavy atom. The van der Waals surface area contributed by atoms with E-state index in [1.807, 2.05) is 4.72 Å². The quantitative estimate of drug-likeness (QED) is 0.219. The number of aromatic nitrogens is 2. The number of hydrogen-bond donors (Lipinski definition) is 2. The first-order chi connectivity index (χ1) is 19.3. The van der Waals surface area contributed by atoms with Crippen molar-refractivity contribution in [3.05, 3.63) is 117 Å². The Bertz CT molecular complexity index is 1760. The number of imidazole rings is 1. The van der Waals surface area contributed by atoms with Gasteiger partial charge in [0.15, 0.2) is 0 Å². The van der Waals surface area contributed by atoms with Gasteiger partial charge in [0, 0.05) is 29.7 Å². The summed E-state index contributed by atoms with van der Waals surface area (Å²) in [4.78, 5) is 4.68. The van der Waals surface area contributed by atoms with E-state index in [-0.39, 0.29) is 24.9 Å². The van der Waals surface area contributed by atoms with Crippen molar-refractivity contribution in [1.29, 1.82) is 0 Å². The van der Waals surface area contributed by atoms with E-state index in [4.69, 9.17) is 23.2 Å². The summed E-state index contributed by atoms with van der Waals surface area (Å²) in [5.41, 5.74) is 1.22. The molecule has 0 saturated heterocycles. The van der Waals surface area contributed by atoms with Crippen molar-refractivity contribution in [3.8, 4) is 11.3 Å². The van der Waals surface area contributed by atoms with Crippen LogP contribution in [0.2, 0.25) is 10.0 Å². The molecule has 0 amide bonds. The molecular weight excluding hydrogens is 607 g/mol. The molecule has 2 heterocycles. The topological polar surface area (TPSA) is 87.5 Å². The van der Waals surface area contributed by atoms with Gasteiger partial charge in [-0.15, -0.1) is 0 Å². The van der Waals surface area contributed by atoms with E-state index in [1.54, 1.807) is 53.2 Å². The maximum absolute atomic E-state index is 14.5. The fraction of sp³-hybridized carbons (Fsp3) is 0.148. The molecule has 0 bridgehead atoms. The van der Waals surface area contributed by atoms with Crippen molar-refractivity contribution in [2.45, 2.75) is 25.6 Å². The number of nitrogens with zero attached hydrogens (tertiary/aromatic N) is 3. The van der Waals surface area contributed by atoms with Crippen LogP contribution in [0.3, 0.4) is 0 Å². The first kappa shape index (κ1) is 28.8. The third-order valence-electron chi connectivity index (χ3n) is 6.34. The molecule has 0 aliphatic carbocycles. The van der Waals surface area contributed by atoms with Crippen LogP contribution in [0.1, 0.15) is 22.5 Å². The Morgan fingerprint density at radius 3 is 2.32 bits per heavy atom. The van der Waals surface area contributed by atoms with Gasteiger partial charge in [-0.1, -0.05) is 41.4 Å². The van der Waals surface area contributed by atoms with Gasteiger partial charge in [-0.25, -0.2) is 18.4 Å². The van der Waals surface area contributed by atoms with Crippen molar-refractivity contribution in [1.82, 2.24) is 14.3 Å². The number of alkyl halides is 3. The van der Waals surface area contributed by atoms with Gasteiger partial charge in [0.1, 0.15) is 11.6 Å². The molecule has 1 aliphatic rings. The lowest BCUT2D eigenvalue weighted by molar-refractivity contribution is -0.137. The molecule has 1 aromatic heterocycles. The van der Waals surface area contributed by atoms with Crippen LogP contribution < -0.4 is 9.03 Å². The molecule has 0 spiro atoms. The van der Waals surface area contributed by atoms with Crippen molar-refractivity contribution < 1.29 is 31.1 Å². The van der Waals surface area contributed by atoms with Gasteiger partial charge < -0.3 is 9.67 Å². The highest BCUT2D eigenvalue weighted by atomic mass is 35.5. The highest BCUT2D eigenvalue weighted by Gasteiger charge is 2.31. The standard InChI is InChI=1S/C27H20Cl2F4N4O3S/c28-19-6-9-21(22(29)12-19)24-14-36(13-16-1-7-20(8-2-16)37-15-26(38)35-41(37,39)40)25(34-24)10-4-17-3-5-18(11-23(17)30)27(31,32)33/h1-3,5-9,11-12,14-15,35,38H,4,10,13H2. The molecule has 5 rings (SSSR count). The molecule has 214 valence electrons. The molecule has 0 unspecified atom stereocenters. The maximum atomic E-state index is 14.5.